The number of fused-ring (bicyclic) bond motifs is 5. The zero-order valence-corrected chi connectivity index (χ0v) is 19.7. The van der Waals surface area contributed by atoms with Crippen molar-refractivity contribution in [1.82, 2.24) is 0 Å². The summed E-state index contributed by atoms with van der Waals surface area (Å²) in [7, 11) is 0. The van der Waals surface area contributed by atoms with Crippen LogP contribution < -0.4 is 0 Å². The van der Waals surface area contributed by atoms with E-state index in [-0.39, 0.29) is 17.6 Å². The molecule has 0 aromatic rings. The van der Waals surface area contributed by atoms with Crippen molar-refractivity contribution in [2.24, 2.45) is 34.5 Å². The second-order valence-electron chi connectivity index (χ2n) is 12.1. The fourth-order valence-corrected chi connectivity index (χ4v) is 8.74. The molecule has 0 aromatic carbocycles. The molecule has 4 saturated carbocycles. The molecule has 0 aromatic heterocycles. The van der Waals surface area contributed by atoms with Crippen molar-refractivity contribution in [3.8, 4) is 0 Å². The van der Waals surface area contributed by atoms with Gasteiger partial charge < -0.3 is 35.0 Å². The predicted molar refractivity (Wildman–Crippen MR) is 117 cm³/mol. The van der Waals surface area contributed by atoms with Gasteiger partial charge in [0.1, 0.15) is 18.3 Å². The van der Waals surface area contributed by atoms with Gasteiger partial charge in [-0.25, -0.2) is 4.79 Å². The van der Waals surface area contributed by atoms with Crippen LogP contribution in [-0.2, 0) is 14.3 Å². The molecule has 8 nitrogen and oxygen atoms in total. The number of aliphatic carboxylic acids is 1. The summed E-state index contributed by atoms with van der Waals surface area (Å²) in [6, 6.07) is 0. The number of hydrogen-bond acceptors (Lipinski definition) is 7. The topological polar surface area (TPSA) is 137 Å². The zero-order valence-electron chi connectivity index (χ0n) is 19.7. The third-order valence-corrected chi connectivity index (χ3v) is 10.7. The van der Waals surface area contributed by atoms with Gasteiger partial charge in [-0.15, -0.1) is 0 Å². The first-order valence-corrected chi connectivity index (χ1v) is 12.8. The maximum Gasteiger partial charge on any atom is 0.335 e. The Labute approximate surface area is 195 Å². The van der Waals surface area contributed by atoms with E-state index < -0.39 is 36.7 Å². The van der Waals surface area contributed by atoms with Gasteiger partial charge in [0.25, 0.3) is 0 Å². The molecule has 1 aliphatic heterocycles. The highest BCUT2D eigenvalue weighted by atomic mass is 16.7. The van der Waals surface area contributed by atoms with E-state index in [0.717, 1.165) is 44.9 Å². The summed E-state index contributed by atoms with van der Waals surface area (Å²) >= 11 is 0. The molecule has 5 rings (SSSR count). The number of carboxylic acid groups (broad SMARTS) is 1. The van der Waals surface area contributed by atoms with Crippen molar-refractivity contribution < 1.29 is 39.8 Å². The molecule has 1 heterocycles. The molecule has 13 atom stereocenters. The van der Waals surface area contributed by atoms with Crippen molar-refractivity contribution >= 4 is 5.97 Å². The fourth-order valence-electron chi connectivity index (χ4n) is 8.74. The van der Waals surface area contributed by atoms with E-state index in [4.69, 9.17) is 9.47 Å². The van der Waals surface area contributed by atoms with E-state index in [1.807, 2.05) is 0 Å². The number of carboxylic acids is 1. The van der Waals surface area contributed by atoms with E-state index in [0.29, 0.717) is 29.1 Å². The SMILES string of the molecule is C[C@]12CC[C@@H](O)C[C@@H]1CC[C@@H]1[C@@H]2CC[C@]2(C)[C@@H](OC3O[C@H](C(=O)O)[C@@H](O)[C@H](O)[C@H]3O)CC[C@@H]12. The van der Waals surface area contributed by atoms with Crippen LogP contribution >= 0.6 is 0 Å². The van der Waals surface area contributed by atoms with Crippen LogP contribution in [0.5, 0.6) is 0 Å². The van der Waals surface area contributed by atoms with Gasteiger partial charge >= 0.3 is 5.97 Å². The summed E-state index contributed by atoms with van der Waals surface area (Å²) in [5.74, 6) is 0.987. The van der Waals surface area contributed by atoms with Crippen LogP contribution in [0, 0.1) is 34.5 Å². The fraction of sp³-hybridized carbons (Fsp3) is 0.960. The first-order chi connectivity index (χ1) is 15.6. The lowest BCUT2D eigenvalue weighted by Crippen LogP contribution is -2.61. The summed E-state index contributed by atoms with van der Waals surface area (Å²) in [4.78, 5) is 11.5. The quantitative estimate of drug-likeness (QED) is 0.422. The first-order valence-electron chi connectivity index (χ1n) is 12.8. The van der Waals surface area contributed by atoms with Crippen molar-refractivity contribution in [3.05, 3.63) is 0 Å². The van der Waals surface area contributed by atoms with Gasteiger partial charge in [-0.1, -0.05) is 13.8 Å². The van der Waals surface area contributed by atoms with Crippen LogP contribution in [0.3, 0.4) is 0 Å². The van der Waals surface area contributed by atoms with Gasteiger partial charge in [0.05, 0.1) is 12.2 Å². The molecule has 1 saturated heterocycles. The summed E-state index contributed by atoms with van der Waals surface area (Å²) in [6.45, 7) is 4.72. The van der Waals surface area contributed by atoms with Crippen molar-refractivity contribution in [2.45, 2.75) is 115 Å². The second-order valence-corrected chi connectivity index (χ2v) is 12.1. The lowest BCUT2D eigenvalue weighted by molar-refractivity contribution is -0.313. The number of aliphatic hydroxyl groups is 4. The van der Waals surface area contributed by atoms with E-state index in [1.54, 1.807) is 0 Å². The summed E-state index contributed by atoms with van der Waals surface area (Å²) < 4.78 is 11.6. The molecule has 0 spiro atoms. The minimum atomic E-state index is -1.70. The van der Waals surface area contributed by atoms with Crippen LogP contribution in [0.1, 0.15) is 71.6 Å². The van der Waals surface area contributed by atoms with Gasteiger partial charge in [0, 0.05) is 0 Å². The maximum absolute atomic E-state index is 11.5. The lowest BCUT2D eigenvalue weighted by atomic mass is 9.45. The Kier molecular flexibility index (Phi) is 6.11. The molecule has 188 valence electrons. The molecular formula is C25H40O8. The Balaban J connectivity index is 1.32. The highest BCUT2D eigenvalue weighted by Gasteiger charge is 2.61. The maximum atomic E-state index is 11.5. The molecule has 5 fully saturated rings. The third-order valence-electron chi connectivity index (χ3n) is 10.7. The average molecular weight is 469 g/mol. The monoisotopic (exact) mass is 468 g/mol. The second kappa shape index (κ2) is 8.42. The lowest BCUT2D eigenvalue weighted by Gasteiger charge is -2.61. The van der Waals surface area contributed by atoms with Crippen molar-refractivity contribution in [2.75, 3.05) is 0 Å². The molecule has 8 heteroatoms. The van der Waals surface area contributed by atoms with E-state index in [9.17, 15) is 30.3 Å². The highest BCUT2D eigenvalue weighted by molar-refractivity contribution is 5.73. The minimum absolute atomic E-state index is 0.0959. The first kappa shape index (κ1) is 23.9. The molecule has 1 unspecified atom stereocenters. The van der Waals surface area contributed by atoms with E-state index in [2.05, 4.69) is 13.8 Å². The van der Waals surface area contributed by atoms with Crippen LogP contribution in [0.2, 0.25) is 0 Å². The summed E-state index contributed by atoms with van der Waals surface area (Å²) in [6.07, 6.45) is 1.15. The van der Waals surface area contributed by atoms with Crippen LogP contribution in [0.25, 0.3) is 0 Å². The standard InChI is InChI=1S/C25H40O8/c1-24-9-7-13(26)11-12(24)3-4-14-15-5-6-17(25(15,2)10-8-16(14)24)32-23-20(29)18(27)19(28)21(33-23)22(30)31/h12-21,23,26-29H,3-11H2,1-2H3,(H,30,31)/t12-,13+,14-,15-,16-,17-,18-,19-,20+,21-,23?,24-,25-/m0/s1. The summed E-state index contributed by atoms with van der Waals surface area (Å²) in [5.41, 5.74) is 0.196. The Hall–Kier alpha value is -0.770. The highest BCUT2D eigenvalue weighted by Crippen LogP contribution is 2.66. The molecule has 33 heavy (non-hydrogen) atoms. The van der Waals surface area contributed by atoms with Gasteiger partial charge in [0.15, 0.2) is 12.4 Å². The van der Waals surface area contributed by atoms with Crippen LogP contribution in [0.15, 0.2) is 0 Å². The molecular weight excluding hydrogens is 428 g/mol. The number of rotatable bonds is 3. The molecule has 0 amide bonds. The van der Waals surface area contributed by atoms with Gasteiger partial charge in [0.2, 0.25) is 0 Å². The van der Waals surface area contributed by atoms with Gasteiger partial charge in [-0.05, 0) is 92.3 Å². The molecule has 4 aliphatic carbocycles. The number of carbonyl (C=O) groups is 1. The van der Waals surface area contributed by atoms with Crippen molar-refractivity contribution in [1.29, 1.82) is 0 Å². The normalized spacial score (nSPS) is 56.5. The number of hydrogen-bond donors (Lipinski definition) is 5. The average Bonchev–Trinajstić information content (AvgIpc) is 3.10. The van der Waals surface area contributed by atoms with Crippen LogP contribution in [-0.4, -0.2) is 74.4 Å². The molecule has 5 aliphatic rings. The molecule has 0 bridgehead atoms. The smallest absolute Gasteiger partial charge is 0.335 e. The largest absolute Gasteiger partial charge is 0.479 e. The van der Waals surface area contributed by atoms with Gasteiger partial charge in [-0.2, -0.15) is 0 Å². The minimum Gasteiger partial charge on any atom is -0.479 e. The van der Waals surface area contributed by atoms with Crippen LogP contribution in [0.4, 0.5) is 0 Å². The Morgan fingerprint density at radius 1 is 0.848 bits per heavy atom. The Morgan fingerprint density at radius 3 is 2.27 bits per heavy atom. The van der Waals surface area contributed by atoms with Crippen molar-refractivity contribution in [3.63, 3.8) is 0 Å². The van der Waals surface area contributed by atoms with Gasteiger partial charge in [-0.3, -0.25) is 0 Å². The number of aliphatic hydroxyl groups excluding tert-OH is 4. The predicted octanol–water partition coefficient (Wildman–Crippen LogP) is 1.67. The van der Waals surface area contributed by atoms with E-state index >= 15 is 0 Å². The number of ether oxygens (including phenoxy) is 2. The molecule has 0 radical (unpaired) electrons. The Bertz CT molecular complexity index is 761. The third kappa shape index (κ3) is 3.67. The molecule has 5 N–H and O–H groups in total. The Morgan fingerprint density at radius 2 is 1.55 bits per heavy atom. The van der Waals surface area contributed by atoms with E-state index in [1.165, 1.54) is 12.8 Å². The zero-order chi connectivity index (χ0) is 23.7. The summed E-state index contributed by atoms with van der Waals surface area (Å²) in [5, 5.41) is 50.2.